The molecule has 27 heavy (non-hydrogen) atoms. The molecule has 0 saturated carbocycles. The van der Waals surface area contributed by atoms with Crippen LogP contribution >= 0.6 is 0 Å². The molecule has 0 spiro atoms. The van der Waals surface area contributed by atoms with Crippen molar-refractivity contribution >= 4 is 16.7 Å². The van der Waals surface area contributed by atoms with Crippen molar-refractivity contribution in [1.82, 2.24) is 9.88 Å². The second-order valence-corrected chi connectivity index (χ2v) is 7.87. The molecule has 3 rings (SSSR count). The van der Waals surface area contributed by atoms with Gasteiger partial charge in [-0.3, -0.25) is 4.79 Å². The Balaban J connectivity index is 1.76. The van der Waals surface area contributed by atoms with E-state index in [1.165, 1.54) is 0 Å². The summed E-state index contributed by atoms with van der Waals surface area (Å²) in [5, 5.41) is 4.41. The summed E-state index contributed by atoms with van der Waals surface area (Å²) in [5.41, 5.74) is 2.46. The standard InChI is InChI=1S/C23H28N2O2/c1-23(2,3)24-14-8-16-27-21-12-6-5-9-19(21)22(26)18-10-7-11-20-17(18)13-15-25(20)4/h5-7,9-13,15,24H,8,14,16H2,1-4H3. The Morgan fingerprint density at radius 3 is 2.56 bits per heavy atom. The van der Waals surface area contributed by atoms with Crippen molar-refractivity contribution in [2.45, 2.75) is 32.7 Å². The first-order valence-electron chi connectivity index (χ1n) is 9.42. The van der Waals surface area contributed by atoms with Crippen molar-refractivity contribution in [3.05, 3.63) is 65.9 Å². The van der Waals surface area contributed by atoms with Gasteiger partial charge in [-0.25, -0.2) is 0 Å². The van der Waals surface area contributed by atoms with Crippen molar-refractivity contribution in [2.24, 2.45) is 7.05 Å². The number of carbonyl (C=O) groups is 1. The van der Waals surface area contributed by atoms with Crippen LogP contribution < -0.4 is 10.1 Å². The van der Waals surface area contributed by atoms with Gasteiger partial charge in [-0.15, -0.1) is 0 Å². The maximum Gasteiger partial charge on any atom is 0.197 e. The molecule has 4 nitrogen and oxygen atoms in total. The van der Waals surface area contributed by atoms with Crippen molar-refractivity contribution in [2.75, 3.05) is 13.2 Å². The van der Waals surface area contributed by atoms with Gasteiger partial charge in [-0.2, -0.15) is 0 Å². The van der Waals surface area contributed by atoms with Gasteiger partial charge in [-0.05, 0) is 58.0 Å². The highest BCUT2D eigenvalue weighted by atomic mass is 16.5. The predicted molar refractivity (Wildman–Crippen MR) is 111 cm³/mol. The fourth-order valence-electron chi connectivity index (χ4n) is 3.14. The molecule has 1 N–H and O–H groups in total. The van der Waals surface area contributed by atoms with E-state index in [2.05, 4.69) is 26.1 Å². The number of fused-ring (bicyclic) bond motifs is 1. The van der Waals surface area contributed by atoms with E-state index in [0.29, 0.717) is 23.5 Å². The van der Waals surface area contributed by atoms with E-state index in [-0.39, 0.29) is 11.3 Å². The lowest BCUT2D eigenvalue weighted by molar-refractivity contribution is 0.103. The number of benzene rings is 2. The second kappa shape index (κ2) is 7.97. The van der Waals surface area contributed by atoms with Crippen LogP contribution in [0.25, 0.3) is 10.9 Å². The van der Waals surface area contributed by atoms with Crippen LogP contribution in [0.4, 0.5) is 0 Å². The number of ether oxygens (including phenoxy) is 1. The molecule has 0 fully saturated rings. The van der Waals surface area contributed by atoms with Crippen LogP contribution in [0.1, 0.15) is 43.1 Å². The topological polar surface area (TPSA) is 43.3 Å². The summed E-state index contributed by atoms with van der Waals surface area (Å²) in [6, 6.07) is 15.3. The van der Waals surface area contributed by atoms with Gasteiger partial charge in [0.25, 0.3) is 0 Å². The van der Waals surface area contributed by atoms with E-state index in [9.17, 15) is 4.79 Å². The van der Waals surface area contributed by atoms with Crippen molar-refractivity contribution in [3.63, 3.8) is 0 Å². The van der Waals surface area contributed by atoms with Gasteiger partial charge >= 0.3 is 0 Å². The molecule has 4 heteroatoms. The van der Waals surface area contributed by atoms with E-state index in [4.69, 9.17) is 4.74 Å². The first-order chi connectivity index (χ1) is 12.9. The lowest BCUT2D eigenvalue weighted by Gasteiger charge is -2.20. The molecule has 0 radical (unpaired) electrons. The smallest absolute Gasteiger partial charge is 0.197 e. The minimum Gasteiger partial charge on any atom is -0.493 e. The van der Waals surface area contributed by atoms with Crippen molar-refractivity contribution < 1.29 is 9.53 Å². The van der Waals surface area contributed by atoms with E-state index in [1.807, 2.05) is 66.3 Å². The number of nitrogens with one attached hydrogen (secondary N) is 1. The number of aromatic nitrogens is 1. The summed E-state index contributed by atoms with van der Waals surface area (Å²) in [5.74, 6) is 0.640. The summed E-state index contributed by atoms with van der Waals surface area (Å²) >= 11 is 0. The maximum atomic E-state index is 13.2. The molecule has 0 bridgehead atoms. The third kappa shape index (κ3) is 4.58. The molecular weight excluding hydrogens is 336 g/mol. The van der Waals surface area contributed by atoms with Crippen LogP contribution in [-0.4, -0.2) is 29.0 Å². The van der Waals surface area contributed by atoms with Gasteiger partial charge in [0, 0.05) is 35.2 Å². The Kier molecular flexibility index (Phi) is 5.66. The van der Waals surface area contributed by atoms with Crippen LogP contribution in [0.5, 0.6) is 5.75 Å². The summed E-state index contributed by atoms with van der Waals surface area (Å²) in [6.07, 6.45) is 2.86. The first-order valence-corrected chi connectivity index (χ1v) is 9.42. The van der Waals surface area contributed by atoms with Gasteiger partial charge in [0.05, 0.1) is 12.2 Å². The summed E-state index contributed by atoms with van der Waals surface area (Å²) in [6.45, 7) is 7.88. The zero-order valence-corrected chi connectivity index (χ0v) is 16.6. The minimum absolute atomic E-state index is 0.00443. The molecule has 0 amide bonds. The lowest BCUT2D eigenvalue weighted by Crippen LogP contribution is -2.36. The monoisotopic (exact) mass is 364 g/mol. The molecule has 1 aromatic heterocycles. The van der Waals surface area contributed by atoms with E-state index >= 15 is 0 Å². The van der Waals surface area contributed by atoms with Gasteiger partial charge in [0.15, 0.2) is 5.78 Å². The third-order valence-electron chi connectivity index (χ3n) is 4.54. The number of nitrogens with zero attached hydrogens (tertiary/aromatic N) is 1. The largest absolute Gasteiger partial charge is 0.493 e. The fourth-order valence-corrected chi connectivity index (χ4v) is 3.14. The molecule has 0 aliphatic heterocycles. The first kappa shape index (κ1) is 19.2. The molecule has 0 aliphatic rings. The van der Waals surface area contributed by atoms with E-state index < -0.39 is 0 Å². The average molecular weight is 364 g/mol. The summed E-state index contributed by atoms with van der Waals surface area (Å²) < 4.78 is 7.97. The number of aryl methyl sites for hydroxylation is 1. The van der Waals surface area contributed by atoms with Crippen molar-refractivity contribution in [1.29, 1.82) is 0 Å². The average Bonchev–Trinajstić information content (AvgIpc) is 3.01. The van der Waals surface area contributed by atoms with Crippen molar-refractivity contribution in [3.8, 4) is 5.75 Å². The number of carbonyl (C=O) groups excluding carboxylic acids is 1. The number of ketones is 1. The second-order valence-electron chi connectivity index (χ2n) is 7.87. The Morgan fingerprint density at radius 1 is 1.04 bits per heavy atom. The molecule has 0 atom stereocenters. The van der Waals surface area contributed by atoms with Crippen LogP contribution in [0.3, 0.4) is 0 Å². The number of rotatable bonds is 7. The van der Waals surface area contributed by atoms with E-state index in [1.54, 1.807) is 0 Å². The molecular formula is C23H28N2O2. The molecule has 0 saturated heterocycles. The van der Waals surface area contributed by atoms with Gasteiger partial charge in [0.1, 0.15) is 5.75 Å². The molecule has 2 aromatic carbocycles. The Bertz CT molecular complexity index is 935. The third-order valence-corrected chi connectivity index (χ3v) is 4.54. The highest BCUT2D eigenvalue weighted by molar-refractivity contribution is 6.17. The Labute approximate surface area is 161 Å². The molecule has 142 valence electrons. The zero-order valence-electron chi connectivity index (χ0n) is 16.6. The zero-order chi connectivity index (χ0) is 19.4. The normalized spacial score (nSPS) is 11.7. The summed E-state index contributed by atoms with van der Waals surface area (Å²) in [4.78, 5) is 13.2. The minimum atomic E-state index is -0.00443. The van der Waals surface area contributed by atoms with Crippen LogP contribution in [0.2, 0.25) is 0 Å². The number of para-hydroxylation sites is 1. The quantitative estimate of drug-likeness (QED) is 0.493. The SMILES string of the molecule is Cn1ccc2c(C(=O)c3ccccc3OCCCNC(C)(C)C)cccc21. The highest BCUT2D eigenvalue weighted by Crippen LogP contribution is 2.26. The van der Waals surface area contributed by atoms with Crippen LogP contribution in [-0.2, 0) is 7.05 Å². The van der Waals surface area contributed by atoms with E-state index in [0.717, 1.165) is 23.9 Å². The van der Waals surface area contributed by atoms with Crippen LogP contribution in [0, 0.1) is 0 Å². The fraction of sp³-hybridized carbons (Fsp3) is 0.348. The van der Waals surface area contributed by atoms with Gasteiger partial charge in [0.2, 0.25) is 0 Å². The van der Waals surface area contributed by atoms with Crippen LogP contribution in [0.15, 0.2) is 54.7 Å². The molecule has 1 heterocycles. The number of hydrogen-bond donors (Lipinski definition) is 1. The highest BCUT2D eigenvalue weighted by Gasteiger charge is 2.17. The van der Waals surface area contributed by atoms with Gasteiger partial charge < -0.3 is 14.6 Å². The summed E-state index contributed by atoms with van der Waals surface area (Å²) in [7, 11) is 1.99. The lowest BCUT2D eigenvalue weighted by atomic mass is 9.99. The molecule has 0 unspecified atom stereocenters. The Hall–Kier alpha value is -2.59. The maximum absolute atomic E-state index is 13.2. The van der Waals surface area contributed by atoms with Gasteiger partial charge in [-0.1, -0.05) is 24.3 Å². The number of hydrogen-bond acceptors (Lipinski definition) is 3. The molecule has 0 aliphatic carbocycles. The molecule has 3 aromatic rings. The Morgan fingerprint density at radius 2 is 1.78 bits per heavy atom. The predicted octanol–water partition coefficient (Wildman–Crippen LogP) is 4.57.